The van der Waals surface area contributed by atoms with E-state index in [-0.39, 0.29) is 18.1 Å². The lowest BCUT2D eigenvalue weighted by molar-refractivity contribution is -0.137. The molecule has 9 heteroatoms. The van der Waals surface area contributed by atoms with Crippen LogP contribution in [0.2, 0.25) is 0 Å². The van der Waals surface area contributed by atoms with Crippen LogP contribution in [0.25, 0.3) is 5.69 Å². The van der Waals surface area contributed by atoms with Crippen LogP contribution in [0.5, 0.6) is 0 Å². The highest BCUT2D eigenvalue weighted by Crippen LogP contribution is 2.31. The third-order valence-corrected chi connectivity index (χ3v) is 3.16. The molecule has 1 aromatic carbocycles. The molecule has 1 aliphatic carbocycles. The van der Waals surface area contributed by atoms with Crippen LogP contribution in [-0.2, 0) is 12.7 Å². The van der Waals surface area contributed by atoms with Gasteiger partial charge in [-0.15, -0.1) is 5.10 Å². The van der Waals surface area contributed by atoms with E-state index >= 15 is 0 Å². The molecule has 0 atom stereocenters. The predicted molar refractivity (Wildman–Crippen MR) is 64.0 cm³/mol. The number of aromatic nitrogens is 4. The van der Waals surface area contributed by atoms with Gasteiger partial charge in [-0.05, 0) is 41.5 Å². The molecule has 1 heterocycles. The number of nitrogens with zero attached hydrogens (tertiary/aromatic N) is 4. The van der Waals surface area contributed by atoms with Crippen molar-refractivity contribution in [3.05, 3.63) is 35.4 Å². The summed E-state index contributed by atoms with van der Waals surface area (Å²) in [6.07, 6.45) is -2.47. The first-order chi connectivity index (χ1) is 9.95. The van der Waals surface area contributed by atoms with Crippen LogP contribution in [-0.4, -0.2) is 26.2 Å². The topological polar surface area (TPSA) is 55.6 Å². The lowest BCUT2D eigenvalue weighted by Gasteiger charge is -2.10. The second-order valence-corrected chi connectivity index (χ2v) is 4.83. The summed E-state index contributed by atoms with van der Waals surface area (Å²) in [6, 6.07) is 2.52. The molecular weight excluding hydrogens is 290 g/mol. The van der Waals surface area contributed by atoms with Crippen molar-refractivity contribution in [2.24, 2.45) is 0 Å². The van der Waals surface area contributed by atoms with Gasteiger partial charge in [0.05, 0.1) is 12.1 Å². The Morgan fingerprint density at radius 2 is 2.05 bits per heavy atom. The van der Waals surface area contributed by atoms with E-state index in [9.17, 15) is 17.6 Å². The lowest BCUT2D eigenvalue weighted by atomic mass is 10.2. The van der Waals surface area contributed by atoms with E-state index in [0.29, 0.717) is 18.2 Å². The number of nitrogens with one attached hydrogen (secondary N) is 1. The van der Waals surface area contributed by atoms with Crippen LogP contribution < -0.4 is 5.32 Å². The van der Waals surface area contributed by atoms with Crippen LogP contribution in [0.15, 0.2) is 18.2 Å². The fourth-order valence-corrected chi connectivity index (χ4v) is 1.88. The highest BCUT2D eigenvalue weighted by atomic mass is 19.4. The molecule has 1 fully saturated rings. The summed E-state index contributed by atoms with van der Waals surface area (Å²) in [7, 11) is 0. The normalized spacial score (nSPS) is 15.4. The Hall–Kier alpha value is -2.03. The summed E-state index contributed by atoms with van der Waals surface area (Å²) in [6.45, 7) is 0.271. The number of alkyl halides is 3. The number of hydrogen-bond donors (Lipinski definition) is 1. The van der Waals surface area contributed by atoms with Crippen molar-refractivity contribution in [2.45, 2.75) is 31.6 Å². The van der Waals surface area contributed by atoms with Crippen LogP contribution >= 0.6 is 0 Å². The summed E-state index contributed by atoms with van der Waals surface area (Å²) < 4.78 is 52.9. The molecule has 2 aromatic rings. The number of tetrazole rings is 1. The first-order valence-electron chi connectivity index (χ1n) is 6.33. The van der Waals surface area contributed by atoms with Crippen molar-refractivity contribution in [1.82, 2.24) is 25.5 Å². The molecule has 21 heavy (non-hydrogen) atoms. The smallest absolute Gasteiger partial charge is 0.307 e. The minimum atomic E-state index is -4.55. The Labute approximate surface area is 117 Å². The average molecular weight is 301 g/mol. The van der Waals surface area contributed by atoms with Gasteiger partial charge in [-0.1, -0.05) is 0 Å². The van der Waals surface area contributed by atoms with Crippen molar-refractivity contribution in [1.29, 1.82) is 0 Å². The van der Waals surface area contributed by atoms with E-state index in [1.54, 1.807) is 0 Å². The van der Waals surface area contributed by atoms with Crippen molar-refractivity contribution in [3.8, 4) is 5.69 Å². The molecule has 0 bridgehead atoms. The van der Waals surface area contributed by atoms with Gasteiger partial charge in [0, 0.05) is 6.04 Å². The summed E-state index contributed by atoms with van der Waals surface area (Å²) >= 11 is 0. The van der Waals surface area contributed by atoms with Gasteiger partial charge in [0.15, 0.2) is 5.82 Å². The third-order valence-electron chi connectivity index (χ3n) is 3.16. The van der Waals surface area contributed by atoms with Gasteiger partial charge in [0.1, 0.15) is 11.5 Å². The molecule has 0 radical (unpaired) electrons. The highest BCUT2D eigenvalue weighted by Gasteiger charge is 2.32. The van der Waals surface area contributed by atoms with E-state index in [1.807, 2.05) is 0 Å². The quantitative estimate of drug-likeness (QED) is 0.878. The molecule has 5 nitrogen and oxygen atoms in total. The first kappa shape index (κ1) is 13.9. The van der Waals surface area contributed by atoms with Gasteiger partial charge in [-0.3, -0.25) is 0 Å². The fraction of sp³-hybridized carbons (Fsp3) is 0.417. The minimum Gasteiger partial charge on any atom is -0.307 e. The minimum absolute atomic E-state index is 0.264. The zero-order valence-corrected chi connectivity index (χ0v) is 10.7. The molecule has 112 valence electrons. The molecule has 0 amide bonds. The zero-order valence-electron chi connectivity index (χ0n) is 10.7. The van der Waals surface area contributed by atoms with Crippen LogP contribution in [0, 0.1) is 5.82 Å². The highest BCUT2D eigenvalue weighted by molar-refractivity contribution is 5.38. The first-order valence-corrected chi connectivity index (χ1v) is 6.33. The lowest BCUT2D eigenvalue weighted by Crippen LogP contribution is -2.19. The zero-order chi connectivity index (χ0) is 15.0. The number of halogens is 4. The predicted octanol–water partition coefficient (Wildman–Crippen LogP) is 2.07. The summed E-state index contributed by atoms with van der Waals surface area (Å²) in [5.74, 6) is -0.553. The SMILES string of the molecule is Fc1ccc(C(F)(F)F)cc1-n1nnnc1CNC1CC1. The maximum absolute atomic E-state index is 13.8. The Kier molecular flexibility index (Phi) is 3.36. The Bertz CT molecular complexity index is 647. The van der Waals surface area contributed by atoms with E-state index in [4.69, 9.17) is 0 Å². The van der Waals surface area contributed by atoms with Crippen LogP contribution in [0.1, 0.15) is 24.2 Å². The van der Waals surface area contributed by atoms with Gasteiger partial charge >= 0.3 is 6.18 Å². The molecule has 1 aliphatic rings. The maximum Gasteiger partial charge on any atom is 0.416 e. The van der Waals surface area contributed by atoms with E-state index < -0.39 is 17.6 Å². The van der Waals surface area contributed by atoms with Gasteiger partial charge in [-0.2, -0.15) is 17.9 Å². The molecule has 0 unspecified atom stereocenters. The monoisotopic (exact) mass is 301 g/mol. The number of hydrogen-bond acceptors (Lipinski definition) is 4. The summed E-state index contributed by atoms with van der Waals surface area (Å²) in [5.41, 5.74) is -1.27. The molecule has 1 aromatic heterocycles. The second kappa shape index (κ2) is 5.06. The molecule has 0 spiro atoms. The third kappa shape index (κ3) is 3.02. The van der Waals surface area contributed by atoms with Crippen molar-refractivity contribution >= 4 is 0 Å². The second-order valence-electron chi connectivity index (χ2n) is 4.83. The van der Waals surface area contributed by atoms with Crippen molar-refractivity contribution < 1.29 is 17.6 Å². The molecule has 3 rings (SSSR count). The Morgan fingerprint density at radius 3 is 2.71 bits per heavy atom. The Balaban J connectivity index is 1.93. The van der Waals surface area contributed by atoms with Crippen molar-refractivity contribution in [3.63, 3.8) is 0 Å². The van der Waals surface area contributed by atoms with Crippen LogP contribution in [0.4, 0.5) is 17.6 Å². The molecule has 0 aliphatic heterocycles. The summed E-state index contributed by atoms with van der Waals surface area (Å²) in [4.78, 5) is 0. The number of benzene rings is 1. The maximum atomic E-state index is 13.8. The van der Waals surface area contributed by atoms with Crippen molar-refractivity contribution in [2.75, 3.05) is 0 Å². The van der Waals surface area contributed by atoms with Crippen LogP contribution in [0.3, 0.4) is 0 Å². The molecular formula is C12H11F4N5. The molecule has 0 saturated heterocycles. The van der Waals surface area contributed by atoms with Gasteiger partial charge in [-0.25, -0.2) is 4.39 Å². The largest absolute Gasteiger partial charge is 0.416 e. The van der Waals surface area contributed by atoms with E-state index in [2.05, 4.69) is 20.8 Å². The van der Waals surface area contributed by atoms with Gasteiger partial charge in [0.2, 0.25) is 0 Å². The van der Waals surface area contributed by atoms with Gasteiger partial charge in [0.25, 0.3) is 0 Å². The molecule has 1 N–H and O–H groups in total. The standard InChI is InChI=1S/C12H11F4N5/c13-9-4-1-7(12(14,15)16)5-10(9)21-11(18-19-20-21)6-17-8-2-3-8/h1,4-5,8,17H,2-3,6H2. The van der Waals surface area contributed by atoms with Gasteiger partial charge < -0.3 is 5.32 Å². The molecule has 1 saturated carbocycles. The van der Waals surface area contributed by atoms with E-state index in [1.165, 1.54) is 0 Å². The average Bonchev–Trinajstić information content (AvgIpc) is 3.13. The van der Waals surface area contributed by atoms with E-state index in [0.717, 1.165) is 23.6 Å². The fourth-order valence-electron chi connectivity index (χ4n) is 1.88. The number of rotatable bonds is 4. The Morgan fingerprint density at radius 1 is 1.29 bits per heavy atom. The summed E-state index contributed by atoms with van der Waals surface area (Å²) in [5, 5.41) is 13.8.